The van der Waals surface area contributed by atoms with E-state index in [0.29, 0.717) is 44.7 Å². The van der Waals surface area contributed by atoms with Gasteiger partial charge in [0, 0.05) is 17.3 Å². The van der Waals surface area contributed by atoms with Gasteiger partial charge in [0.05, 0.1) is 36.7 Å². The molecule has 2 N–H and O–H groups in total. The number of halogens is 1. The van der Waals surface area contributed by atoms with Gasteiger partial charge in [-0.25, -0.2) is 0 Å². The molecule has 0 spiro atoms. The summed E-state index contributed by atoms with van der Waals surface area (Å²) in [6, 6.07) is 2.74. The molecule has 0 aliphatic rings. The van der Waals surface area contributed by atoms with Crippen molar-refractivity contribution in [2.45, 2.75) is 33.7 Å². The zero-order valence-corrected chi connectivity index (χ0v) is 16.5. The summed E-state index contributed by atoms with van der Waals surface area (Å²) in [6.45, 7) is 6.78. The van der Waals surface area contributed by atoms with Crippen LogP contribution in [0.5, 0.6) is 11.5 Å². The Kier molecular flexibility index (Phi) is 5.97. The summed E-state index contributed by atoms with van der Waals surface area (Å²) in [5, 5.41) is 3.52. The van der Waals surface area contributed by atoms with Gasteiger partial charge in [0.15, 0.2) is 5.78 Å². The number of ketones is 2. The van der Waals surface area contributed by atoms with E-state index in [1.165, 1.54) is 21.1 Å². The van der Waals surface area contributed by atoms with Gasteiger partial charge in [0.25, 0.3) is 0 Å². The predicted molar refractivity (Wildman–Crippen MR) is 102 cm³/mol. The van der Waals surface area contributed by atoms with E-state index < -0.39 is 6.04 Å². The van der Waals surface area contributed by atoms with Crippen molar-refractivity contribution in [2.24, 2.45) is 0 Å². The highest BCUT2D eigenvalue weighted by atomic mass is 35.5. The largest absolute Gasteiger partial charge is 0.495 e. The van der Waals surface area contributed by atoms with Gasteiger partial charge in [-0.05, 0) is 39.3 Å². The van der Waals surface area contributed by atoms with Crippen LogP contribution in [0.2, 0.25) is 5.02 Å². The lowest BCUT2D eigenvalue weighted by molar-refractivity contribution is 0.0970. The summed E-state index contributed by atoms with van der Waals surface area (Å²) in [5.74, 6) is 0.760. The van der Waals surface area contributed by atoms with E-state index in [9.17, 15) is 9.59 Å². The van der Waals surface area contributed by atoms with Gasteiger partial charge in [0.1, 0.15) is 11.5 Å². The zero-order valence-electron chi connectivity index (χ0n) is 15.7. The van der Waals surface area contributed by atoms with Crippen LogP contribution >= 0.6 is 11.6 Å². The number of hydrogen-bond acceptors (Lipinski definition) is 5. The number of anilines is 1. The van der Waals surface area contributed by atoms with Crippen LogP contribution in [0.4, 0.5) is 5.69 Å². The molecular formula is C19H23ClN2O4. The van der Waals surface area contributed by atoms with Crippen LogP contribution in [0.3, 0.4) is 0 Å². The molecule has 1 aromatic carbocycles. The Bertz CT molecular complexity index is 858. The van der Waals surface area contributed by atoms with E-state index in [2.05, 4.69) is 10.3 Å². The fourth-order valence-electron chi connectivity index (χ4n) is 3.01. The predicted octanol–water partition coefficient (Wildman–Crippen LogP) is 4.19. The highest BCUT2D eigenvalue weighted by molar-refractivity contribution is 6.32. The number of carbonyl (C=O) groups is 2. The van der Waals surface area contributed by atoms with E-state index in [1.54, 1.807) is 32.9 Å². The standard InChI is InChI=1S/C19H23ClN2O4/c1-9-17(12(4)23)10(2)22-18(9)19(24)11(3)21-14-7-13(20)15(25-5)8-16(14)26-6/h7-8,11,21-22H,1-6H3/t11-/m0/s1. The first-order valence-electron chi connectivity index (χ1n) is 8.13. The molecular weight excluding hydrogens is 356 g/mol. The lowest BCUT2D eigenvalue weighted by Gasteiger charge is -2.18. The third-order valence-electron chi connectivity index (χ3n) is 4.28. The number of aryl methyl sites for hydroxylation is 1. The molecule has 2 rings (SSSR count). The Morgan fingerprint density at radius 2 is 1.77 bits per heavy atom. The second-order valence-corrected chi connectivity index (χ2v) is 6.51. The van der Waals surface area contributed by atoms with Crippen LogP contribution in [-0.4, -0.2) is 36.8 Å². The first-order chi connectivity index (χ1) is 12.2. The summed E-state index contributed by atoms with van der Waals surface area (Å²) in [4.78, 5) is 27.7. The fraction of sp³-hybridized carbons (Fsp3) is 0.368. The van der Waals surface area contributed by atoms with Crippen molar-refractivity contribution in [2.75, 3.05) is 19.5 Å². The molecule has 7 heteroatoms. The number of H-pyrrole nitrogens is 1. The van der Waals surface area contributed by atoms with E-state index in [-0.39, 0.29) is 11.6 Å². The molecule has 0 saturated heterocycles. The number of rotatable bonds is 7. The molecule has 0 aliphatic carbocycles. The molecule has 1 atom stereocenters. The molecule has 0 amide bonds. The normalized spacial score (nSPS) is 11.8. The summed E-state index contributed by atoms with van der Waals surface area (Å²) < 4.78 is 10.5. The number of nitrogens with one attached hydrogen (secondary N) is 2. The second kappa shape index (κ2) is 7.83. The van der Waals surface area contributed by atoms with Crippen LogP contribution in [0, 0.1) is 13.8 Å². The Labute approximate surface area is 157 Å². The highest BCUT2D eigenvalue weighted by Crippen LogP contribution is 2.36. The molecule has 140 valence electrons. The molecule has 0 aliphatic heterocycles. The minimum atomic E-state index is -0.565. The number of benzene rings is 1. The van der Waals surface area contributed by atoms with Gasteiger partial charge in [-0.2, -0.15) is 0 Å². The Hall–Kier alpha value is -2.47. The minimum absolute atomic E-state index is 0.0699. The smallest absolute Gasteiger partial charge is 0.201 e. The molecule has 0 bridgehead atoms. The number of ether oxygens (including phenoxy) is 2. The van der Waals surface area contributed by atoms with Crippen LogP contribution < -0.4 is 14.8 Å². The zero-order chi connectivity index (χ0) is 19.6. The average Bonchev–Trinajstić information content (AvgIpc) is 2.88. The van der Waals surface area contributed by atoms with E-state index in [0.717, 1.165) is 0 Å². The number of Topliss-reactive ketones (excluding diaryl/α,β-unsaturated/α-hetero) is 2. The van der Waals surface area contributed by atoms with Crippen LogP contribution in [0.25, 0.3) is 0 Å². The monoisotopic (exact) mass is 378 g/mol. The Morgan fingerprint density at radius 1 is 1.15 bits per heavy atom. The number of methoxy groups -OCH3 is 2. The topological polar surface area (TPSA) is 80.4 Å². The molecule has 6 nitrogen and oxygen atoms in total. The van der Waals surface area contributed by atoms with Crippen LogP contribution in [0.15, 0.2) is 12.1 Å². The molecule has 2 aromatic rings. The number of aromatic nitrogens is 1. The van der Waals surface area contributed by atoms with Crippen molar-refractivity contribution in [3.8, 4) is 11.5 Å². The lowest BCUT2D eigenvalue weighted by Crippen LogP contribution is -2.27. The summed E-state index contributed by atoms with van der Waals surface area (Å²) in [5.41, 5.74) is 2.91. The van der Waals surface area contributed by atoms with E-state index in [1.807, 2.05) is 0 Å². The van der Waals surface area contributed by atoms with Gasteiger partial charge in [-0.1, -0.05) is 11.6 Å². The first-order valence-corrected chi connectivity index (χ1v) is 8.51. The molecule has 1 aromatic heterocycles. The van der Waals surface area contributed by atoms with E-state index in [4.69, 9.17) is 21.1 Å². The Morgan fingerprint density at radius 3 is 2.27 bits per heavy atom. The fourth-order valence-corrected chi connectivity index (χ4v) is 3.25. The first kappa shape index (κ1) is 19.8. The summed E-state index contributed by atoms with van der Waals surface area (Å²) in [7, 11) is 3.04. The summed E-state index contributed by atoms with van der Waals surface area (Å²) >= 11 is 6.17. The summed E-state index contributed by atoms with van der Waals surface area (Å²) in [6.07, 6.45) is 0. The van der Waals surface area contributed by atoms with Crippen molar-refractivity contribution < 1.29 is 19.1 Å². The third kappa shape index (κ3) is 3.70. The minimum Gasteiger partial charge on any atom is -0.495 e. The number of aromatic amines is 1. The van der Waals surface area contributed by atoms with Crippen LogP contribution in [0.1, 0.15) is 46.0 Å². The average molecular weight is 379 g/mol. The molecule has 0 unspecified atom stereocenters. The third-order valence-corrected chi connectivity index (χ3v) is 4.57. The molecule has 0 fully saturated rings. The maximum atomic E-state index is 12.9. The van der Waals surface area contributed by atoms with Crippen molar-refractivity contribution in [1.29, 1.82) is 0 Å². The lowest BCUT2D eigenvalue weighted by atomic mass is 10.0. The van der Waals surface area contributed by atoms with Gasteiger partial charge < -0.3 is 19.8 Å². The van der Waals surface area contributed by atoms with Crippen molar-refractivity contribution in [1.82, 2.24) is 4.98 Å². The van der Waals surface area contributed by atoms with Gasteiger partial charge in [-0.15, -0.1) is 0 Å². The van der Waals surface area contributed by atoms with Gasteiger partial charge in [0.2, 0.25) is 5.78 Å². The number of carbonyl (C=O) groups excluding carboxylic acids is 2. The molecule has 0 radical (unpaired) electrons. The van der Waals surface area contributed by atoms with Gasteiger partial charge >= 0.3 is 0 Å². The second-order valence-electron chi connectivity index (χ2n) is 6.10. The van der Waals surface area contributed by atoms with Crippen molar-refractivity contribution in [3.05, 3.63) is 39.7 Å². The molecule has 0 saturated carbocycles. The quantitative estimate of drug-likeness (QED) is 0.706. The molecule has 1 heterocycles. The van der Waals surface area contributed by atoms with Crippen molar-refractivity contribution in [3.63, 3.8) is 0 Å². The number of hydrogen-bond donors (Lipinski definition) is 2. The van der Waals surface area contributed by atoms with Gasteiger partial charge in [-0.3, -0.25) is 9.59 Å². The molecule has 26 heavy (non-hydrogen) atoms. The highest BCUT2D eigenvalue weighted by Gasteiger charge is 2.24. The SMILES string of the molecule is COc1cc(OC)c(N[C@@H](C)C(=O)c2[nH]c(C)c(C(C)=O)c2C)cc1Cl. The maximum Gasteiger partial charge on any atom is 0.201 e. The Balaban J connectivity index is 2.32. The van der Waals surface area contributed by atoms with Crippen molar-refractivity contribution >= 4 is 28.9 Å². The van der Waals surface area contributed by atoms with E-state index >= 15 is 0 Å². The maximum absolute atomic E-state index is 12.9. The van der Waals surface area contributed by atoms with Crippen LogP contribution in [-0.2, 0) is 0 Å².